The van der Waals surface area contributed by atoms with Crippen LogP contribution in [0.5, 0.6) is 0 Å². The Morgan fingerprint density at radius 1 is 0.922 bits per heavy atom. The maximum Gasteiger partial charge on any atom is 0.287 e. The minimum absolute atomic E-state index is 0.0837. The van der Waals surface area contributed by atoms with Crippen molar-refractivity contribution in [1.82, 2.24) is 29.9 Å². The van der Waals surface area contributed by atoms with Crippen molar-refractivity contribution in [2.45, 2.75) is 115 Å². The van der Waals surface area contributed by atoms with Crippen molar-refractivity contribution in [1.29, 1.82) is 0 Å². The standard InChI is InChI=1S/C48H56F2N8O6/c1-46(2,64)33-23-36-30(22-37(33)53-42(60)35-8-5-9-39(52-35)47(3,49)50)27-57(55-36)31-12-10-28(11-13-31)26-56-20-17-48(18-21-56)24-29(25-48)16-19-51-34-7-4-6-32-41(34)45(63)58(44(32)62)38-14-15-40(59)54-43(38)61/h4-9,22-23,27-29,31,38,51,64H,10-21,24-26H2,1-3H3,(H,53,60)(H,54,59,61). The normalized spacial score (nSPS) is 23.0. The van der Waals surface area contributed by atoms with E-state index in [1.807, 2.05) is 10.9 Å². The van der Waals surface area contributed by atoms with E-state index in [0.29, 0.717) is 51.8 Å². The number of carbonyl (C=O) groups is 5. The number of carbonyl (C=O) groups excluding carboxylic acids is 5. The third-order valence-corrected chi connectivity index (χ3v) is 14.4. The lowest BCUT2D eigenvalue weighted by Crippen LogP contribution is -2.54. The van der Waals surface area contributed by atoms with Crippen LogP contribution in [0.2, 0.25) is 0 Å². The van der Waals surface area contributed by atoms with Gasteiger partial charge in [-0.1, -0.05) is 12.1 Å². The zero-order chi connectivity index (χ0) is 45.1. The second-order valence-electron chi connectivity index (χ2n) is 19.5. The summed E-state index contributed by atoms with van der Waals surface area (Å²) in [5.74, 6) is -4.62. The highest BCUT2D eigenvalue weighted by atomic mass is 19.3. The minimum Gasteiger partial charge on any atom is -0.386 e. The Morgan fingerprint density at radius 3 is 2.36 bits per heavy atom. The molecule has 2 saturated heterocycles. The molecule has 5 aliphatic rings. The molecule has 1 atom stereocenters. The summed E-state index contributed by atoms with van der Waals surface area (Å²) in [6.45, 7) is 8.00. The number of benzene rings is 2. The minimum atomic E-state index is -3.19. The summed E-state index contributed by atoms with van der Waals surface area (Å²) in [6.07, 6.45) is 12.2. The van der Waals surface area contributed by atoms with E-state index in [2.05, 4.69) is 25.8 Å². The molecule has 1 unspecified atom stereocenters. The highest BCUT2D eigenvalue weighted by molar-refractivity contribution is 6.25. The number of rotatable bonds is 12. The number of hydrogen-bond acceptors (Lipinski definition) is 10. The van der Waals surface area contributed by atoms with Crippen molar-refractivity contribution in [2.75, 3.05) is 36.8 Å². The number of pyridine rings is 1. The van der Waals surface area contributed by atoms with Crippen LogP contribution in [-0.2, 0) is 21.1 Å². The highest BCUT2D eigenvalue weighted by Crippen LogP contribution is 2.54. The van der Waals surface area contributed by atoms with Gasteiger partial charge in [0.2, 0.25) is 11.8 Å². The Kier molecular flexibility index (Phi) is 11.4. The largest absolute Gasteiger partial charge is 0.386 e. The fourth-order valence-electron chi connectivity index (χ4n) is 10.9. The zero-order valence-corrected chi connectivity index (χ0v) is 36.6. The van der Waals surface area contributed by atoms with Gasteiger partial charge in [0, 0.05) is 55.0 Å². The first kappa shape index (κ1) is 43.6. The number of likely N-dealkylation sites (tertiary alicyclic amines) is 1. The van der Waals surface area contributed by atoms with Gasteiger partial charge in [-0.25, -0.2) is 4.98 Å². The topological polar surface area (TPSA) is 179 Å². The van der Waals surface area contributed by atoms with Crippen LogP contribution in [0.25, 0.3) is 10.9 Å². The number of halogens is 2. The lowest BCUT2D eigenvalue weighted by atomic mass is 9.57. The van der Waals surface area contributed by atoms with E-state index in [1.165, 1.54) is 43.9 Å². The highest BCUT2D eigenvalue weighted by Gasteiger charge is 2.47. The van der Waals surface area contributed by atoms with E-state index >= 15 is 0 Å². The van der Waals surface area contributed by atoms with Crippen molar-refractivity contribution in [3.8, 4) is 0 Å². The molecule has 4 N–H and O–H groups in total. The molecule has 16 heteroatoms. The van der Waals surface area contributed by atoms with E-state index < -0.39 is 52.8 Å². The summed E-state index contributed by atoms with van der Waals surface area (Å²) in [4.78, 5) is 71.6. The number of alkyl halides is 2. The monoisotopic (exact) mass is 878 g/mol. The van der Waals surface area contributed by atoms with Gasteiger partial charge >= 0.3 is 0 Å². The Hall–Kier alpha value is -5.61. The number of aromatic nitrogens is 3. The predicted molar refractivity (Wildman–Crippen MR) is 235 cm³/mol. The number of nitrogens with zero attached hydrogens (tertiary/aromatic N) is 5. The van der Waals surface area contributed by atoms with Gasteiger partial charge in [0.1, 0.15) is 17.4 Å². The Labute approximate surface area is 370 Å². The lowest BCUT2D eigenvalue weighted by Gasteiger charge is -2.53. The zero-order valence-electron chi connectivity index (χ0n) is 36.6. The molecule has 1 spiro atoms. The van der Waals surface area contributed by atoms with Gasteiger partial charge in [0.15, 0.2) is 0 Å². The Morgan fingerprint density at radius 2 is 1.66 bits per heavy atom. The summed E-state index contributed by atoms with van der Waals surface area (Å²) in [5, 5.41) is 25.2. The molecule has 4 aromatic rings. The van der Waals surface area contributed by atoms with Gasteiger partial charge in [0.05, 0.1) is 28.3 Å². The summed E-state index contributed by atoms with van der Waals surface area (Å²) < 4.78 is 29.9. The van der Waals surface area contributed by atoms with Crippen LogP contribution in [0.15, 0.2) is 54.7 Å². The van der Waals surface area contributed by atoms with Crippen molar-refractivity contribution in [2.24, 2.45) is 17.3 Å². The molecule has 2 aliphatic carbocycles. The number of fused-ring (bicyclic) bond motifs is 2. The average Bonchev–Trinajstić information content (AvgIpc) is 3.77. The molecule has 64 heavy (non-hydrogen) atoms. The molecule has 338 valence electrons. The molecule has 9 rings (SSSR count). The Bertz CT molecular complexity index is 2500. The van der Waals surface area contributed by atoms with Crippen LogP contribution >= 0.6 is 0 Å². The second-order valence-corrected chi connectivity index (χ2v) is 19.5. The van der Waals surface area contributed by atoms with Crippen LogP contribution in [0.1, 0.15) is 140 Å². The molecule has 3 aliphatic heterocycles. The number of imide groups is 2. The average molecular weight is 879 g/mol. The van der Waals surface area contributed by atoms with E-state index in [0.717, 1.165) is 68.9 Å². The molecule has 0 bridgehead atoms. The number of nitrogens with one attached hydrogen (secondary N) is 3. The summed E-state index contributed by atoms with van der Waals surface area (Å²) in [6, 6.07) is 11.9. The first-order chi connectivity index (χ1) is 30.4. The Balaban J connectivity index is 0.730. The lowest BCUT2D eigenvalue weighted by molar-refractivity contribution is -0.136. The van der Waals surface area contributed by atoms with Crippen molar-refractivity contribution >= 4 is 51.8 Å². The van der Waals surface area contributed by atoms with Gasteiger partial charge in [0.25, 0.3) is 23.6 Å². The summed E-state index contributed by atoms with van der Waals surface area (Å²) in [7, 11) is 0. The van der Waals surface area contributed by atoms with E-state index in [-0.39, 0.29) is 30.1 Å². The van der Waals surface area contributed by atoms with Crippen molar-refractivity contribution < 1.29 is 37.9 Å². The third-order valence-electron chi connectivity index (χ3n) is 14.4. The molecular formula is C48H56F2N8O6. The third kappa shape index (κ3) is 8.65. The predicted octanol–water partition coefficient (Wildman–Crippen LogP) is 7.15. The van der Waals surface area contributed by atoms with Gasteiger partial charge in [-0.3, -0.25) is 38.9 Å². The smallest absolute Gasteiger partial charge is 0.287 e. The SMILES string of the molecule is CC(C)(O)c1cc2nn(C3CCC(CN4CCC5(CC4)CC(CCNc4cccc6c4C(=O)N(C4CCC(=O)NC4=O)C6=O)C5)CC3)cc2cc1NC(=O)c1cccc(C(C)(F)F)n1. The molecule has 5 amide bonds. The number of anilines is 2. The van der Waals surface area contributed by atoms with Crippen molar-refractivity contribution in [3.05, 3.63) is 82.8 Å². The van der Waals surface area contributed by atoms with Crippen LogP contribution in [0.3, 0.4) is 0 Å². The van der Waals surface area contributed by atoms with Gasteiger partial charge < -0.3 is 20.6 Å². The molecule has 2 aromatic heterocycles. The first-order valence-electron chi connectivity index (χ1n) is 22.7. The molecule has 0 radical (unpaired) electrons. The first-order valence-corrected chi connectivity index (χ1v) is 22.7. The van der Waals surface area contributed by atoms with Gasteiger partial charge in [-0.15, -0.1) is 0 Å². The van der Waals surface area contributed by atoms with Crippen LogP contribution in [0.4, 0.5) is 20.2 Å². The van der Waals surface area contributed by atoms with E-state index in [1.54, 1.807) is 44.2 Å². The fraction of sp³-hybridized carbons (Fsp3) is 0.521. The number of hydrogen-bond donors (Lipinski definition) is 4. The maximum atomic E-state index is 13.9. The molecule has 4 fully saturated rings. The van der Waals surface area contributed by atoms with E-state index in [9.17, 15) is 37.9 Å². The summed E-state index contributed by atoms with van der Waals surface area (Å²) >= 11 is 0. The second kappa shape index (κ2) is 16.7. The quantitative estimate of drug-likeness (QED) is 0.107. The molecule has 5 heterocycles. The van der Waals surface area contributed by atoms with Crippen LogP contribution in [-0.4, -0.2) is 91.4 Å². The molecule has 2 aromatic carbocycles. The van der Waals surface area contributed by atoms with Crippen LogP contribution < -0.4 is 16.0 Å². The van der Waals surface area contributed by atoms with Crippen molar-refractivity contribution in [3.63, 3.8) is 0 Å². The maximum absolute atomic E-state index is 13.9. The molecule has 2 saturated carbocycles. The number of amides is 5. The summed E-state index contributed by atoms with van der Waals surface area (Å²) in [5.41, 5.74) is 1.16. The van der Waals surface area contributed by atoms with Gasteiger partial charge in [-0.2, -0.15) is 13.9 Å². The molecule has 14 nitrogen and oxygen atoms in total. The van der Waals surface area contributed by atoms with E-state index in [4.69, 9.17) is 5.10 Å². The number of piperidine rings is 2. The van der Waals surface area contributed by atoms with Crippen LogP contribution in [0, 0.1) is 17.3 Å². The fourth-order valence-corrected chi connectivity index (χ4v) is 10.9. The number of aliphatic hydroxyl groups is 1. The molecular weight excluding hydrogens is 823 g/mol. The van der Waals surface area contributed by atoms with Gasteiger partial charge in [-0.05, 0) is 145 Å².